The number of thiophene rings is 1. The third-order valence-electron chi connectivity index (χ3n) is 3.06. The van der Waals surface area contributed by atoms with Crippen LogP contribution < -0.4 is 0 Å². The van der Waals surface area contributed by atoms with Crippen LogP contribution in [0.1, 0.15) is 27.8 Å². The number of hydrogen-bond acceptors (Lipinski definition) is 4. The van der Waals surface area contributed by atoms with Gasteiger partial charge >= 0.3 is 0 Å². The topological polar surface area (TPSA) is 54.4 Å². The third-order valence-corrected chi connectivity index (χ3v) is 6.08. The Kier molecular flexibility index (Phi) is 3.11. The zero-order valence-corrected chi connectivity index (χ0v) is 11.1. The van der Waals surface area contributed by atoms with Crippen LogP contribution in [0.4, 0.5) is 0 Å². The van der Waals surface area contributed by atoms with Crippen molar-refractivity contribution in [3.63, 3.8) is 0 Å². The second-order valence-corrected chi connectivity index (χ2v) is 8.03. The van der Waals surface area contributed by atoms with Gasteiger partial charge in [0.1, 0.15) is 0 Å². The van der Waals surface area contributed by atoms with Gasteiger partial charge in [0.15, 0.2) is 9.84 Å². The Hall–Kier alpha value is -0.390. The molecule has 1 aliphatic rings. The average molecular weight is 260 g/mol. The van der Waals surface area contributed by atoms with Gasteiger partial charge < -0.3 is 5.11 Å². The molecule has 2 rings (SSSR count). The van der Waals surface area contributed by atoms with Crippen LogP contribution in [-0.2, 0) is 9.84 Å². The molecule has 0 bridgehead atoms. The van der Waals surface area contributed by atoms with Crippen molar-refractivity contribution in [1.82, 2.24) is 0 Å². The summed E-state index contributed by atoms with van der Waals surface area (Å²) in [5, 5.41) is 10.2. The lowest BCUT2D eigenvalue weighted by Gasteiger charge is -2.15. The van der Waals surface area contributed by atoms with Crippen molar-refractivity contribution in [3.8, 4) is 0 Å². The molecule has 2 heterocycles. The first kappa shape index (κ1) is 12.1. The van der Waals surface area contributed by atoms with Gasteiger partial charge in [0, 0.05) is 15.7 Å². The zero-order valence-electron chi connectivity index (χ0n) is 9.43. The summed E-state index contributed by atoms with van der Waals surface area (Å²) in [5.74, 6) is 0.227. The molecular formula is C11H16O3S2. The largest absolute Gasteiger partial charge is 0.387 e. The molecule has 16 heavy (non-hydrogen) atoms. The molecule has 3 nitrogen and oxygen atoms in total. The minimum atomic E-state index is -2.91. The number of aliphatic hydroxyl groups is 1. The fraction of sp³-hybridized carbons (Fsp3) is 0.636. The van der Waals surface area contributed by atoms with Gasteiger partial charge in [0.2, 0.25) is 0 Å². The van der Waals surface area contributed by atoms with Crippen LogP contribution in [0.15, 0.2) is 6.07 Å². The Labute approximate surface area is 100 Å². The molecule has 0 radical (unpaired) electrons. The second-order valence-electron chi connectivity index (χ2n) is 4.51. The lowest BCUT2D eigenvalue weighted by Crippen LogP contribution is -2.13. The van der Waals surface area contributed by atoms with Crippen molar-refractivity contribution >= 4 is 21.2 Å². The molecule has 90 valence electrons. The van der Waals surface area contributed by atoms with Gasteiger partial charge in [-0.05, 0) is 31.9 Å². The van der Waals surface area contributed by atoms with Crippen LogP contribution in [0.2, 0.25) is 0 Å². The Morgan fingerprint density at radius 2 is 2.19 bits per heavy atom. The van der Waals surface area contributed by atoms with Gasteiger partial charge in [-0.1, -0.05) is 0 Å². The molecule has 1 aromatic rings. The van der Waals surface area contributed by atoms with E-state index in [0.29, 0.717) is 6.42 Å². The number of aliphatic hydroxyl groups excluding tert-OH is 1. The molecule has 0 saturated carbocycles. The molecule has 1 aromatic heterocycles. The molecule has 5 heteroatoms. The fourth-order valence-corrected chi connectivity index (χ4v) is 5.19. The van der Waals surface area contributed by atoms with Gasteiger partial charge in [-0.15, -0.1) is 11.3 Å². The van der Waals surface area contributed by atoms with Crippen LogP contribution in [0.5, 0.6) is 0 Å². The Morgan fingerprint density at radius 1 is 1.50 bits per heavy atom. The Balaban J connectivity index is 2.20. The van der Waals surface area contributed by atoms with Gasteiger partial charge in [-0.25, -0.2) is 8.42 Å². The maximum absolute atomic E-state index is 11.4. The second kappa shape index (κ2) is 4.13. The quantitative estimate of drug-likeness (QED) is 0.882. The lowest BCUT2D eigenvalue weighted by atomic mass is 9.99. The number of hydrogen-bond donors (Lipinski definition) is 1. The van der Waals surface area contributed by atoms with Gasteiger partial charge in [0.25, 0.3) is 0 Å². The van der Waals surface area contributed by atoms with E-state index < -0.39 is 15.9 Å². The first-order valence-electron chi connectivity index (χ1n) is 5.34. The summed E-state index contributed by atoms with van der Waals surface area (Å²) in [7, 11) is -2.91. The molecule has 1 saturated heterocycles. The van der Waals surface area contributed by atoms with E-state index >= 15 is 0 Å². The van der Waals surface area contributed by atoms with Crippen LogP contribution in [0, 0.1) is 19.8 Å². The average Bonchev–Trinajstić information content (AvgIpc) is 2.68. The molecule has 0 aromatic carbocycles. The van der Waals surface area contributed by atoms with E-state index in [-0.39, 0.29) is 17.4 Å². The highest BCUT2D eigenvalue weighted by Gasteiger charge is 2.34. The van der Waals surface area contributed by atoms with Crippen molar-refractivity contribution in [2.45, 2.75) is 26.4 Å². The highest BCUT2D eigenvalue weighted by atomic mass is 32.2. The SMILES string of the molecule is Cc1cc(C)c(C(O)C2CCS(=O)(=O)C2)s1. The smallest absolute Gasteiger partial charge is 0.150 e. The van der Waals surface area contributed by atoms with Crippen LogP contribution >= 0.6 is 11.3 Å². The van der Waals surface area contributed by atoms with E-state index in [2.05, 4.69) is 0 Å². The van der Waals surface area contributed by atoms with E-state index in [0.717, 1.165) is 15.3 Å². The summed E-state index contributed by atoms with van der Waals surface area (Å²) in [6, 6.07) is 2.03. The molecule has 2 atom stereocenters. The highest BCUT2D eigenvalue weighted by Crippen LogP contribution is 2.36. The summed E-state index contributed by atoms with van der Waals surface area (Å²) in [6.07, 6.45) is -0.0316. The standard InChI is InChI=1S/C11H16O3S2/c1-7-5-8(2)15-11(7)10(12)9-3-4-16(13,14)6-9/h5,9-10,12H,3-4,6H2,1-2H3. The molecule has 1 N–H and O–H groups in total. The number of aryl methyl sites for hydroxylation is 2. The molecule has 0 amide bonds. The predicted molar refractivity (Wildman–Crippen MR) is 65.5 cm³/mol. The summed E-state index contributed by atoms with van der Waals surface area (Å²) >= 11 is 1.56. The van der Waals surface area contributed by atoms with Crippen LogP contribution in [0.3, 0.4) is 0 Å². The molecule has 0 spiro atoms. The van der Waals surface area contributed by atoms with E-state index in [9.17, 15) is 13.5 Å². The van der Waals surface area contributed by atoms with Gasteiger partial charge in [-0.2, -0.15) is 0 Å². The van der Waals surface area contributed by atoms with Gasteiger partial charge in [0.05, 0.1) is 17.6 Å². The number of sulfone groups is 1. The minimum Gasteiger partial charge on any atom is -0.387 e. The van der Waals surface area contributed by atoms with Crippen molar-refractivity contribution in [2.75, 3.05) is 11.5 Å². The zero-order chi connectivity index (χ0) is 11.9. The molecule has 0 aliphatic carbocycles. The van der Waals surface area contributed by atoms with Crippen molar-refractivity contribution < 1.29 is 13.5 Å². The summed E-state index contributed by atoms with van der Waals surface area (Å²) < 4.78 is 22.7. The Bertz CT molecular complexity index is 487. The Morgan fingerprint density at radius 3 is 2.62 bits per heavy atom. The maximum Gasteiger partial charge on any atom is 0.150 e. The third kappa shape index (κ3) is 2.31. The van der Waals surface area contributed by atoms with E-state index in [1.54, 1.807) is 11.3 Å². The van der Waals surface area contributed by atoms with Crippen molar-refractivity contribution in [2.24, 2.45) is 5.92 Å². The predicted octanol–water partition coefficient (Wildman–Crippen LogP) is 1.83. The molecule has 1 aliphatic heterocycles. The maximum atomic E-state index is 11.4. The lowest BCUT2D eigenvalue weighted by molar-refractivity contribution is 0.124. The number of rotatable bonds is 2. The normalized spacial score (nSPS) is 25.8. The van der Waals surface area contributed by atoms with Gasteiger partial charge in [-0.3, -0.25) is 0 Å². The minimum absolute atomic E-state index is 0.123. The molecule has 1 fully saturated rings. The fourth-order valence-electron chi connectivity index (χ4n) is 2.24. The summed E-state index contributed by atoms with van der Waals surface area (Å²) in [6.45, 7) is 3.96. The van der Waals surface area contributed by atoms with E-state index in [1.807, 2.05) is 19.9 Å². The summed E-state index contributed by atoms with van der Waals surface area (Å²) in [5.41, 5.74) is 1.07. The first-order chi connectivity index (χ1) is 7.39. The summed E-state index contributed by atoms with van der Waals surface area (Å²) in [4.78, 5) is 2.09. The van der Waals surface area contributed by atoms with Crippen molar-refractivity contribution in [3.05, 3.63) is 21.4 Å². The van der Waals surface area contributed by atoms with Crippen LogP contribution in [0.25, 0.3) is 0 Å². The van der Waals surface area contributed by atoms with Crippen molar-refractivity contribution in [1.29, 1.82) is 0 Å². The first-order valence-corrected chi connectivity index (χ1v) is 7.98. The molecular weight excluding hydrogens is 244 g/mol. The molecule has 2 unspecified atom stereocenters. The van der Waals surface area contributed by atoms with E-state index in [4.69, 9.17) is 0 Å². The van der Waals surface area contributed by atoms with E-state index in [1.165, 1.54) is 0 Å². The highest BCUT2D eigenvalue weighted by molar-refractivity contribution is 7.91. The monoisotopic (exact) mass is 260 g/mol. The van der Waals surface area contributed by atoms with Crippen LogP contribution in [-0.4, -0.2) is 25.0 Å².